The zero-order valence-corrected chi connectivity index (χ0v) is 17.3. The zero-order chi connectivity index (χ0) is 21.6. The van der Waals surface area contributed by atoms with Crippen LogP contribution >= 0.6 is 0 Å². The number of carbonyl (C=O) groups excluding carboxylic acids is 2. The fourth-order valence-corrected chi connectivity index (χ4v) is 4.62. The number of aryl methyl sites for hydroxylation is 1. The summed E-state index contributed by atoms with van der Waals surface area (Å²) in [6.45, 7) is 1.11. The van der Waals surface area contributed by atoms with E-state index in [9.17, 15) is 14.4 Å². The number of amides is 1. The number of ketones is 1. The Hall–Kier alpha value is -3.48. The van der Waals surface area contributed by atoms with Gasteiger partial charge in [0, 0.05) is 32.1 Å². The summed E-state index contributed by atoms with van der Waals surface area (Å²) in [5.74, 6) is 0.647. The highest BCUT2D eigenvalue weighted by Crippen LogP contribution is 2.39. The minimum absolute atomic E-state index is 0.0936. The molecule has 1 aromatic heterocycles. The van der Waals surface area contributed by atoms with Crippen molar-refractivity contribution in [3.63, 3.8) is 0 Å². The number of benzene rings is 2. The highest BCUT2D eigenvalue weighted by Gasteiger charge is 2.42. The number of hydrogen-bond donors (Lipinski definition) is 0. The van der Waals surface area contributed by atoms with Gasteiger partial charge in [0.1, 0.15) is 11.4 Å². The first-order valence-electron chi connectivity index (χ1n) is 10.5. The van der Waals surface area contributed by atoms with Crippen LogP contribution in [0.1, 0.15) is 46.4 Å². The summed E-state index contributed by atoms with van der Waals surface area (Å²) >= 11 is 0. The molecule has 0 aliphatic carbocycles. The Morgan fingerprint density at radius 3 is 2.81 bits per heavy atom. The Bertz CT molecular complexity index is 1270. The molecule has 1 amide bonds. The van der Waals surface area contributed by atoms with Crippen molar-refractivity contribution < 1.29 is 14.3 Å². The van der Waals surface area contributed by atoms with Gasteiger partial charge >= 0.3 is 0 Å². The van der Waals surface area contributed by atoms with E-state index in [0.717, 1.165) is 12.8 Å². The number of para-hydroxylation sites is 1. The molecule has 1 spiro atoms. The van der Waals surface area contributed by atoms with Gasteiger partial charge in [-0.1, -0.05) is 12.1 Å². The Balaban J connectivity index is 1.37. The smallest absolute Gasteiger partial charge is 0.260 e. The van der Waals surface area contributed by atoms with Gasteiger partial charge in [0.05, 0.1) is 29.2 Å². The van der Waals surface area contributed by atoms with E-state index in [0.29, 0.717) is 53.7 Å². The Morgan fingerprint density at radius 2 is 1.94 bits per heavy atom. The third-order valence-electron chi connectivity index (χ3n) is 6.35. The number of ether oxygens (including phenoxy) is 1. The number of aromatic nitrogens is 2. The standard InChI is InChI=1S/C24H23N3O4/c1-26-15-25-19-13-16(7-8-17(19)23(26)30)22(29)27-11-4-9-24(10-12-27)14-20(28)18-5-2-3-6-21(18)31-24/h2-3,5-8,13,15H,4,9-12,14H2,1H3. The van der Waals surface area contributed by atoms with Crippen molar-refractivity contribution in [2.75, 3.05) is 13.1 Å². The van der Waals surface area contributed by atoms with E-state index in [1.807, 2.05) is 23.1 Å². The summed E-state index contributed by atoms with van der Waals surface area (Å²) in [5, 5.41) is 0.490. The number of carbonyl (C=O) groups is 2. The molecule has 1 fully saturated rings. The van der Waals surface area contributed by atoms with Crippen LogP contribution in [0, 0.1) is 0 Å². The van der Waals surface area contributed by atoms with E-state index in [1.54, 1.807) is 31.3 Å². The third kappa shape index (κ3) is 3.40. The van der Waals surface area contributed by atoms with Gasteiger partial charge in [-0.3, -0.25) is 14.4 Å². The lowest BCUT2D eigenvalue weighted by molar-refractivity contribution is 0.0300. The van der Waals surface area contributed by atoms with Gasteiger partial charge in [-0.15, -0.1) is 0 Å². The largest absolute Gasteiger partial charge is 0.486 e. The maximum Gasteiger partial charge on any atom is 0.260 e. The number of hydrogen-bond acceptors (Lipinski definition) is 5. The van der Waals surface area contributed by atoms with E-state index in [1.165, 1.54) is 10.9 Å². The molecule has 5 rings (SSSR count). The highest BCUT2D eigenvalue weighted by molar-refractivity contribution is 6.00. The highest BCUT2D eigenvalue weighted by atomic mass is 16.5. The van der Waals surface area contributed by atoms with Gasteiger partial charge in [0.15, 0.2) is 5.78 Å². The quantitative estimate of drug-likeness (QED) is 0.608. The van der Waals surface area contributed by atoms with E-state index >= 15 is 0 Å². The van der Waals surface area contributed by atoms with Crippen LogP contribution in [0.2, 0.25) is 0 Å². The molecule has 1 atom stereocenters. The van der Waals surface area contributed by atoms with Crippen molar-refractivity contribution in [3.05, 3.63) is 70.3 Å². The number of fused-ring (bicyclic) bond motifs is 2. The first-order chi connectivity index (χ1) is 15.0. The summed E-state index contributed by atoms with van der Waals surface area (Å²) in [5.41, 5.74) is 0.964. The molecule has 1 saturated heterocycles. The average Bonchev–Trinajstić information content (AvgIpc) is 2.98. The fourth-order valence-electron chi connectivity index (χ4n) is 4.62. The van der Waals surface area contributed by atoms with Crippen LogP contribution in [0.4, 0.5) is 0 Å². The van der Waals surface area contributed by atoms with E-state index < -0.39 is 5.60 Å². The SMILES string of the molecule is Cn1cnc2cc(C(=O)N3CCCC4(CC3)CC(=O)c3ccccc3O4)ccc2c1=O. The molecule has 1 unspecified atom stereocenters. The molecule has 31 heavy (non-hydrogen) atoms. The fraction of sp³-hybridized carbons (Fsp3) is 0.333. The Kier molecular flexibility index (Phi) is 4.61. The maximum atomic E-state index is 13.2. The van der Waals surface area contributed by atoms with Gasteiger partial charge < -0.3 is 14.2 Å². The molecule has 7 heteroatoms. The van der Waals surface area contributed by atoms with E-state index in [4.69, 9.17) is 4.74 Å². The summed E-state index contributed by atoms with van der Waals surface area (Å²) < 4.78 is 7.74. The molecule has 0 saturated carbocycles. The molecule has 2 aliphatic rings. The summed E-state index contributed by atoms with van der Waals surface area (Å²) in [7, 11) is 1.65. The van der Waals surface area contributed by atoms with Crippen molar-refractivity contribution in [2.24, 2.45) is 7.05 Å². The maximum absolute atomic E-state index is 13.2. The van der Waals surface area contributed by atoms with Crippen LogP contribution < -0.4 is 10.3 Å². The number of nitrogens with zero attached hydrogens (tertiary/aromatic N) is 3. The molecule has 2 aliphatic heterocycles. The van der Waals surface area contributed by atoms with Crippen molar-refractivity contribution in [1.82, 2.24) is 14.5 Å². The first-order valence-corrected chi connectivity index (χ1v) is 10.5. The molecular weight excluding hydrogens is 394 g/mol. The van der Waals surface area contributed by atoms with E-state index in [2.05, 4.69) is 4.98 Å². The molecule has 0 N–H and O–H groups in total. The third-order valence-corrected chi connectivity index (χ3v) is 6.35. The predicted molar refractivity (Wildman–Crippen MR) is 115 cm³/mol. The Labute approximate surface area is 179 Å². The van der Waals surface area contributed by atoms with Gasteiger partial charge in [0.2, 0.25) is 0 Å². The summed E-state index contributed by atoms with van der Waals surface area (Å²) in [4.78, 5) is 44.2. The molecule has 3 heterocycles. The molecule has 0 bridgehead atoms. The topological polar surface area (TPSA) is 81.5 Å². The van der Waals surface area contributed by atoms with Gasteiger partial charge in [0.25, 0.3) is 11.5 Å². The first kappa shape index (κ1) is 19.5. The lowest BCUT2D eigenvalue weighted by Crippen LogP contribution is -2.43. The van der Waals surface area contributed by atoms with Crippen LogP contribution in [-0.4, -0.2) is 44.8 Å². The van der Waals surface area contributed by atoms with Gasteiger partial charge in [-0.05, 0) is 43.2 Å². The van der Waals surface area contributed by atoms with Gasteiger partial charge in [-0.25, -0.2) is 4.98 Å². The van der Waals surface area contributed by atoms with Crippen LogP contribution in [-0.2, 0) is 7.05 Å². The van der Waals surface area contributed by atoms with Crippen molar-refractivity contribution in [1.29, 1.82) is 0 Å². The number of rotatable bonds is 1. The van der Waals surface area contributed by atoms with Crippen molar-refractivity contribution in [3.8, 4) is 5.75 Å². The summed E-state index contributed by atoms with van der Waals surface area (Å²) in [6.07, 6.45) is 3.89. The van der Waals surface area contributed by atoms with Crippen LogP contribution in [0.15, 0.2) is 53.6 Å². The van der Waals surface area contributed by atoms with E-state index in [-0.39, 0.29) is 17.2 Å². The minimum Gasteiger partial charge on any atom is -0.486 e. The molecule has 7 nitrogen and oxygen atoms in total. The normalized spacial score (nSPS) is 20.9. The lowest BCUT2D eigenvalue weighted by Gasteiger charge is -2.37. The van der Waals surface area contributed by atoms with Crippen molar-refractivity contribution in [2.45, 2.75) is 31.3 Å². The second kappa shape index (κ2) is 7.34. The van der Waals surface area contributed by atoms with Crippen LogP contribution in [0.25, 0.3) is 10.9 Å². The van der Waals surface area contributed by atoms with Gasteiger partial charge in [-0.2, -0.15) is 0 Å². The molecule has 3 aromatic rings. The van der Waals surface area contributed by atoms with Crippen molar-refractivity contribution >= 4 is 22.6 Å². The second-order valence-corrected chi connectivity index (χ2v) is 8.42. The number of likely N-dealkylation sites (tertiary alicyclic amines) is 1. The summed E-state index contributed by atoms with van der Waals surface area (Å²) in [6, 6.07) is 12.4. The van der Waals surface area contributed by atoms with Crippen LogP contribution in [0.5, 0.6) is 5.75 Å². The number of Topliss-reactive ketones (excluding diaryl/α,β-unsaturated/α-hetero) is 1. The lowest BCUT2D eigenvalue weighted by atomic mass is 9.84. The Morgan fingerprint density at radius 1 is 1.10 bits per heavy atom. The monoisotopic (exact) mass is 417 g/mol. The zero-order valence-electron chi connectivity index (χ0n) is 17.3. The molecule has 158 valence electrons. The molecule has 2 aromatic carbocycles. The molecular formula is C24H23N3O4. The molecule has 0 radical (unpaired) electrons. The minimum atomic E-state index is -0.558. The second-order valence-electron chi connectivity index (χ2n) is 8.42. The predicted octanol–water partition coefficient (Wildman–Crippen LogP) is 2.96. The van der Waals surface area contributed by atoms with Crippen LogP contribution in [0.3, 0.4) is 0 Å². The average molecular weight is 417 g/mol.